The van der Waals surface area contributed by atoms with Gasteiger partial charge in [0.2, 0.25) is 0 Å². The topological polar surface area (TPSA) is 54.5 Å². The number of anilines is 1. The fraction of sp³-hybridized carbons (Fsp3) is 0.208. The number of alkyl halides is 3. The lowest BCUT2D eigenvalue weighted by atomic mass is 9.89. The summed E-state index contributed by atoms with van der Waals surface area (Å²) in [5, 5.41) is 0. The van der Waals surface area contributed by atoms with Crippen LogP contribution in [0.2, 0.25) is 0 Å². The maximum Gasteiger partial charge on any atom is 0.416 e. The Morgan fingerprint density at radius 3 is 2.28 bits per heavy atom. The quantitative estimate of drug-likeness (QED) is 0.483. The van der Waals surface area contributed by atoms with Gasteiger partial charge in [0.15, 0.2) is 0 Å². The van der Waals surface area contributed by atoms with E-state index in [9.17, 15) is 26.4 Å². The van der Waals surface area contributed by atoms with Crippen molar-refractivity contribution >= 4 is 22.0 Å². The van der Waals surface area contributed by atoms with Crippen LogP contribution in [0.3, 0.4) is 0 Å². The Morgan fingerprint density at radius 1 is 1.03 bits per heavy atom. The third kappa shape index (κ3) is 4.02. The van der Waals surface area contributed by atoms with Crippen molar-refractivity contribution < 1.29 is 26.4 Å². The number of rotatable bonds is 5. The fourth-order valence-corrected chi connectivity index (χ4v) is 5.61. The minimum Gasteiger partial charge on any atom is -0.298 e. The summed E-state index contributed by atoms with van der Waals surface area (Å²) in [6, 6.07) is 17.0. The smallest absolute Gasteiger partial charge is 0.298 e. The molecule has 1 heterocycles. The molecule has 0 radical (unpaired) electrons. The van der Waals surface area contributed by atoms with Gasteiger partial charge in [-0.3, -0.25) is 9.10 Å². The normalized spacial score (nSPS) is 16.1. The van der Waals surface area contributed by atoms with Gasteiger partial charge >= 0.3 is 6.18 Å². The molecule has 32 heavy (non-hydrogen) atoms. The van der Waals surface area contributed by atoms with E-state index in [0.717, 1.165) is 27.6 Å². The molecule has 0 saturated carbocycles. The third-order valence-corrected chi connectivity index (χ3v) is 7.44. The van der Waals surface area contributed by atoms with Crippen LogP contribution in [0, 0.1) is 6.92 Å². The molecule has 0 aliphatic carbocycles. The number of hydrogen-bond acceptors (Lipinski definition) is 3. The summed E-state index contributed by atoms with van der Waals surface area (Å²) in [6.07, 6.45) is -3.96. The van der Waals surface area contributed by atoms with Crippen LogP contribution in [0.5, 0.6) is 0 Å². The number of hydrogen-bond donors (Lipinski definition) is 0. The number of carbonyl (C=O) groups is 1. The first-order chi connectivity index (χ1) is 15.1. The third-order valence-electron chi connectivity index (χ3n) is 5.64. The predicted octanol–water partition coefficient (Wildman–Crippen LogP) is 5.36. The van der Waals surface area contributed by atoms with Crippen molar-refractivity contribution in [2.45, 2.75) is 30.3 Å². The second-order valence-corrected chi connectivity index (χ2v) is 9.71. The van der Waals surface area contributed by atoms with Crippen molar-refractivity contribution in [3.05, 3.63) is 94.5 Å². The molecule has 1 aliphatic rings. The molecule has 0 fully saturated rings. The van der Waals surface area contributed by atoms with Gasteiger partial charge in [-0.25, -0.2) is 8.42 Å². The maximum atomic E-state index is 13.5. The summed E-state index contributed by atoms with van der Waals surface area (Å²) in [5.74, 6) is -0.463. The van der Waals surface area contributed by atoms with Gasteiger partial charge in [-0.05, 0) is 48.7 Å². The summed E-state index contributed by atoms with van der Waals surface area (Å²) in [5.41, 5.74) is 0.793. The van der Waals surface area contributed by atoms with E-state index < -0.39 is 27.7 Å². The molecule has 1 atom stereocenters. The summed E-state index contributed by atoms with van der Waals surface area (Å²) in [6.45, 7) is 1.76. The van der Waals surface area contributed by atoms with Crippen LogP contribution in [-0.4, -0.2) is 21.2 Å². The Kier molecular flexibility index (Phi) is 5.58. The highest BCUT2D eigenvalue weighted by Crippen LogP contribution is 2.45. The molecule has 0 aromatic heterocycles. The predicted molar refractivity (Wildman–Crippen MR) is 115 cm³/mol. The Balaban J connectivity index is 1.88. The lowest BCUT2D eigenvalue weighted by Crippen LogP contribution is -2.30. The molecule has 0 spiro atoms. The molecular formula is C24H20F3NO3S. The van der Waals surface area contributed by atoms with Gasteiger partial charge in [0.05, 0.1) is 16.1 Å². The van der Waals surface area contributed by atoms with Gasteiger partial charge in [0.1, 0.15) is 6.29 Å². The molecule has 1 aliphatic heterocycles. The summed E-state index contributed by atoms with van der Waals surface area (Å²) < 4.78 is 68.4. The van der Waals surface area contributed by atoms with E-state index in [1.807, 2.05) is 37.3 Å². The fourth-order valence-electron chi connectivity index (χ4n) is 4.09. The molecule has 4 rings (SSSR count). The number of halogens is 3. The number of sulfonamides is 1. The lowest BCUT2D eigenvalue weighted by molar-refractivity contribution is -0.137. The van der Waals surface area contributed by atoms with Crippen LogP contribution in [0.4, 0.5) is 18.9 Å². The van der Waals surface area contributed by atoms with E-state index in [0.29, 0.717) is 18.3 Å². The van der Waals surface area contributed by atoms with Crippen molar-refractivity contribution in [1.29, 1.82) is 0 Å². The number of fused-ring (bicyclic) bond motifs is 1. The van der Waals surface area contributed by atoms with Crippen LogP contribution in [0.1, 0.15) is 38.5 Å². The zero-order valence-corrected chi connectivity index (χ0v) is 18.0. The molecule has 3 aromatic rings. The number of benzene rings is 3. The molecular weight excluding hydrogens is 439 g/mol. The van der Waals surface area contributed by atoms with Crippen molar-refractivity contribution in [3.63, 3.8) is 0 Å². The molecule has 4 nitrogen and oxygen atoms in total. The Bertz CT molecular complexity index is 1250. The number of aryl methyl sites for hydroxylation is 1. The van der Waals surface area contributed by atoms with E-state index in [2.05, 4.69) is 0 Å². The number of aldehydes is 1. The molecule has 0 saturated heterocycles. The van der Waals surface area contributed by atoms with Crippen molar-refractivity contribution in [2.75, 3.05) is 10.8 Å². The monoisotopic (exact) mass is 459 g/mol. The molecule has 3 aromatic carbocycles. The first-order valence-corrected chi connectivity index (χ1v) is 11.4. The van der Waals surface area contributed by atoms with Crippen LogP contribution < -0.4 is 4.31 Å². The Labute approximate surface area is 184 Å². The minimum atomic E-state index is -4.72. The molecule has 0 bridgehead atoms. The van der Waals surface area contributed by atoms with E-state index in [4.69, 9.17) is 0 Å². The van der Waals surface area contributed by atoms with Gasteiger partial charge < -0.3 is 0 Å². The van der Waals surface area contributed by atoms with Gasteiger partial charge in [-0.2, -0.15) is 13.2 Å². The number of nitrogens with zero attached hydrogens (tertiary/aromatic N) is 1. The highest BCUT2D eigenvalue weighted by molar-refractivity contribution is 7.92. The maximum absolute atomic E-state index is 13.5. The van der Waals surface area contributed by atoms with Crippen molar-refractivity contribution in [1.82, 2.24) is 0 Å². The summed E-state index contributed by atoms with van der Waals surface area (Å²) in [4.78, 5) is 11.8. The average molecular weight is 459 g/mol. The molecule has 166 valence electrons. The van der Waals surface area contributed by atoms with Crippen molar-refractivity contribution in [2.24, 2.45) is 0 Å². The van der Waals surface area contributed by atoms with E-state index in [1.54, 1.807) is 12.1 Å². The first kappa shape index (κ1) is 22.1. The average Bonchev–Trinajstić information content (AvgIpc) is 3.13. The highest BCUT2D eigenvalue weighted by atomic mass is 32.2. The molecule has 0 N–H and O–H groups in total. The Hall–Kier alpha value is -3.13. The van der Waals surface area contributed by atoms with Gasteiger partial charge in [-0.15, -0.1) is 0 Å². The molecule has 0 unspecified atom stereocenters. The first-order valence-electron chi connectivity index (χ1n) is 9.95. The second-order valence-electron chi connectivity index (χ2n) is 7.85. The van der Waals surface area contributed by atoms with Gasteiger partial charge in [0, 0.05) is 18.0 Å². The van der Waals surface area contributed by atoms with E-state index in [1.165, 1.54) is 12.1 Å². The number of carbonyl (C=O) groups excluding carboxylic acids is 1. The summed E-state index contributed by atoms with van der Waals surface area (Å²) in [7, 11) is -4.13. The van der Waals surface area contributed by atoms with Crippen LogP contribution in [0.15, 0.2) is 71.6 Å². The van der Waals surface area contributed by atoms with Crippen LogP contribution in [0.25, 0.3) is 0 Å². The second kappa shape index (κ2) is 8.09. The molecule has 8 heteroatoms. The van der Waals surface area contributed by atoms with Gasteiger partial charge in [-0.1, -0.05) is 48.0 Å². The zero-order chi connectivity index (χ0) is 23.1. The van der Waals surface area contributed by atoms with Crippen LogP contribution in [-0.2, 0) is 22.6 Å². The van der Waals surface area contributed by atoms with Crippen molar-refractivity contribution in [3.8, 4) is 0 Å². The van der Waals surface area contributed by atoms with Crippen LogP contribution >= 0.6 is 0 Å². The minimum absolute atomic E-state index is 0.0144. The SMILES string of the molecule is Cc1ccc(S(=O)(=O)N2C[C@H](Cc3ccccc3)c3c(C=O)cc(C(F)(F)F)cc32)cc1. The Morgan fingerprint density at radius 2 is 1.69 bits per heavy atom. The van der Waals surface area contributed by atoms with Gasteiger partial charge in [0.25, 0.3) is 10.0 Å². The highest BCUT2D eigenvalue weighted by Gasteiger charge is 2.41. The molecule has 0 amide bonds. The largest absolute Gasteiger partial charge is 0.416 e. The van der Waals surface area contributed by atoms with E-state index in [-0.39, 0.29) is 22.7 Å². The standard InChI is InChI=1S/C24H20F3NO3S/c1-16-7-9-21(10-8-16)32(30,31)28-14-18(11-17-5-3-2-4-6-17)23-19(15-29)12-20(13-22(23)28)24(25,26)27/h2-10,12-13,15,18H,11,14H2,1H3/t18-/m0/s1. The lowest BCUT2D eigenvalue weighted by Gasteiger charge is -2.21. The summed E-state index contributed by atoms with van der Waals surface area (Å²) >= 11 is 0. The zero-order valence-electron chi connectivity index (χ0n) is 17.1. The van der Waals surface area contributed by atoms with E-state index >= 15 is 0 Å².